The van der Waals surface area contributed by atoms with Crippen LogP contribution in [0.25, 0.3) is 0 Å². The molecule has 0 aromatic heterocycles. The summed E-state index contributed by atoms with van der Waals surface area (Å²) >= 11 is 0. The molecule has 2 saturated heterocycles. The van der Waals surface area contributed by atoms with E-state index < -0.39 is 0 Å². The van der Waals surface area contributed by atoms with E-state index in [1.165, 1.54) is 77.7 Å². The second-order valence-corrected chi connectivity index (χ2v) is 6.25. The van der Waals surface area contributed by atoms with Gasteiger partial charge < -0.3 is 10.6 Å². The molecule has 0 spiro atoms. The number of unbranched alkanes of at least 4 members (excludes halogenated alkanes) is 3. The number of nitrogens with two attached hydrogens (primary N) is 1. The third-order valence-electron chi connectivity index (χ3n) is 4.72. The molecule has 2 heterocycles. The van der Waals surface area contributed by atoms with Gasteiger partial charge in [-0.25, -0.2) is 0 Å². The summed E-state index contributed by atoms with van der Waals surface area (Å²) in [7, 11) is 0. The Morgan fingerprint density at radius 3 is 2.58 bits per heavy atom. The SMILES string of the molecule is C=CCCCCCN1CCC(N2CCC(N)CC2)C1. The highest BCUT2D eigenvalue weighted by molar-refractivity contribution is 4.86. The van der Waals surface area contributed by atoms with Crippen molar-refractivity contribution >= 4 is 0 Å². The first kappa shape index (κ1) is 15.0. The zero-order valence-corrected chi connectivity index (χ0v) is 12.4. The minimum atomic E-state index is 0.457. The molecule has 0 radical (unpaired) electrons. The number of hydrogen-bond donors (Lipinski definition) is 1. The van der Waals surface area contributed by atoms with Crippen LogP contribution in [0.5, 0.6) is 0 Å². The van der Waals surface area contributed by atoms with Crippen molar-refractivity contribution in [2.24, 2.45) is 5.73 Å². The Kier molecular flexibility index (Phi) is 6.35. The average molecular weight is 265 g/mol. The first-order chi connectivity index (χ1) is 9.29. The molecule has 0 saturated carbocycles. The van der Waals surface area contributed by atoms with E-state index in [1.807, 2.05) is 6.08 Å². The van der Waals surface area contributed by atoms with Crippen LogP contribution < -0.4 is 5.73 Å². The standard InChI is InChI=1S/C16H31N3/c1-2-3-4-5-6-10-18-11-9-16(14-18)19-12-7-15(17)8-13-19/h2,15-16H,1,3-14,17H2. The summed E-state index contributed by atoms with van der Waals surface area (Å²) < 4.78 is 0. The molecular weight excluding hydrogens is 234 g/mol. The molecule has 0 aromatic carbocycles. The van der Waals surface area contributed by atoms with Crippen LogP contribution in [-0.2, 0) is 0 Å². The van der Waals surface area contributed by atoms with Crippen molar-refractivity contribution in [2.45, 2.75) is 57.0 Å². The summed E-state index contributed by atoms with van der Waals surface area (Å²) in [6, 6.07) is 1.26. The van der Waals surface area contributed by atoms with Gasteiger partial charge in [0.15, 0.2) is 0 Å². The molecule has 0 amide bonds. The van der Waals surface area contributed by atoms with Crippen molar-refractivity contribution in [3.8, 4) is 0 Å². The number of hydrogen-bond acceptors (Lipinski definition) is 3. The molecule has 19 heavy (non-hydrogen) atoms. The smallest absolute Gasteiger partial charge is 0.0235 e. The summed E-state index contributed by atoms with van der Waals surface area (Å²) in [6.07, 6.45) is 11.0. The minimum Gasteiger partial charge on any atom is -0.328 e. The summed E-state index contributed by atoms with van der Waals surface area (Å²) in [4.78, 5) is 5.34. The van der Waals surface area contributed by atoms with Gasteiger partial charge in [-0.3, -0.25) is 4.90 Å². The molecule has 2 aliphatic heterocycles. The molecule has 1 atom stereocenters. The van der Waals surface area contributed by atoms with Gasteiger partial charge >= 0.3 is 0 Å². The fourth-order valence-electron chi connectivity index (χ4n) is 3.40. The first-order valence-electron chi connectivity index (χ1n) is 8.12. The maximum absolute atomic E-state index is 5.98. The summed E-state index contributed by atoms with van der Waals surface area (Å²) in [5.41, 5.74) is 5.98. The number of nitrogens with zero attached hydrogens (tertiary/aromatic N) is 2. The van der Waals surface area contributed by atoms with Crippen LogP contribution in [-0.4, -0.2) is 54.6 Å². The Balaban J connectivity index is 1.59. The molecule has 3 nitrogen and oxygen atoms in total. The number of allylic oxidation sites excluding steroid dienone is 1. The van der Waals surface area contributed by atoms with Gasteiger partial charge in [-0.05, 0) is 64.7 Å². The number of rotatable bonds is 7. The van der Waals surface area contributed by atoms with Crippen LogP contribution >= 0.6 is 0 Å². The van der Waals surface area contributed by atoms with Gasteiger partial charge in [0.1, 0.15) is 0 Å². The van der Waals surface area contributed by atoms with Gasteiger partial charge in [0.25, 0.3) is 0 Å². The number of piperidine rings is 1. The largest absolute Gasteiger partial charge is 0.328 e. The fourth-order valence-corrected chi connectivity index (χ4v) is 3.40. The van der Waals surface area contributed by atoms with Gasteiger partial charge in [0.05, 0.1) is 0 Å². The molecule has 0 aromatic rings. The lowest BCUT2D eigenvalue weighted by Crippen LogP contribution is -2.46. The van der Waals surface area contributed by atoms with E-state index in [0.717, 1.165) is 6.04 Å². The molecule has 2 fully saturated rings. The van der Waals surface area contributed by atoms with Crippen LogP contribution in [0.15, 0.2) is 12.7 Å². The highest BCUT2D eigenvalue weighted by Crippen LogP contribution is 2.20. The van der Waals surface area contributed by atoms with Crippen molar-refractivity contribution in [3.05, 3.63) is 12.7 Å². The molecule has 1 unspecified atom stereocenters. The van der Waals surface area contributed by atoms with E-state index in [4.69, 9.17) is 5.73 Å². The Labute approximate surface area is 118 Å². The van der Waals surface area contributed by atoms with Crippen LogP contribution in [0.4, 0.5) is 0 Å². The maximum Gasteiger partial charge on any atom is 0.0235 e. The second kappa shape index (κ2) is 8.03. The molecular formula is C16H31N3. The van der Waals surface area contributed by atoms with Crippen LogP contribution in [0.2, 0.25) is 0 Å². The molecule has 110 valence electrons. The Hall–Kier alpha value is -0.380. The van der Waals surface area contributed by atoms with Gasteiger partial charge in [-0.1, -0.05) is 12.5 Å². The third kappa shape index (κ3) is 4.90. The van der Waals surface area contributed by atoms with E-state index in [1.54, 1.807) is 0 Å². The first-order valence-corrected chi connectivity index (χ1v) is 8.12. The van der Waals surface area contributed by atoms with E-state index >= 15 is 0 Å². The molecule has 0 aliphatic carbocycles. The van der Waals surface area contributed by atoms with E-state index in [0.29, 0.717) is 6.04 Å². The fraction of sp³-hybridized carbons (Fsp3) is 0.875. The average Bonchev–Trinajstić information content (AvgIpc) is 2.88. The number of likely N-dealkylation sites (tertiary alicyclic amines) is 2. The quantitative estimate of drug-likeness (QED) is 0.566. The lowest BCUT2D eigenvalue weighted by molar-refractivity contribution is 0.152. The summed E-state index contributed by atoms with van der Waals surface area (Å²) in [6.45, 7) is 10.1. The topological polar surface area (TPSA) is 32.5 Å². The van der Waals surface area contributed by atoms with Gasteiger partial charge in [0.2, 0.25) is 0 Å². The monoisotopic (exact) mass is 265 g/mol. The highest BCUT2D eigenvalue weighted by atomic mass is 15.3. The Morgan fingerprint density at radius 1 is 1.05 bits per heavy atom. The molecule has 2 rings (SSSR count). The molecule has 2 N–H and O–H groups in total. The van der Waals surface area contributed by atoms with Crippen molar-refractivity contribution in [2.75, 3.05) is 32.7 Å². The van der Waals surface area contributed by atoms with Crippen LogP contribution in [0.1, 0.15) is 44.9 Å². The van der Waals surface area contributed by atoms with E-state index in [-0.39, 0.29) is 0 Å². The zero-order chi connectivity index (χ0) is 13.5. The molecule has 3 heteroatoms. The normalized spacial score (nSPS) is 26.9. The second-order valence-electron chi connectivity index (χ2n) is 6.25. The van der Waals surface area contributed by atoms with E-state index in [2.05, 4.69) is 16.4 Å². The predicted molar refractivity (Wildman–Crippen MR) is 82.3 cm³/mol. The summed E-state index contributed by atoms with van der Waals surface area (Å²) in [5.74, 6) is 0. The third-order valence-corrected chi connectivity index (χ3v) is 4.72. The van der Waals surface area contributed by atoms with Crippen molar-refractivity contribution in [1.82, 2.24) is 9.80 Å². The lowest BCUT2D eigenvalue weighted by Gasteiger charge is -2.34. The molecule has 0 bridgehead atoms. The van der Waals surface area contributed by atoms with Crippen molar-refractivity contribution in [1.29, 1.82) is 0 Å². The zero-order valence-electron chi connectivity index (χ0n) is 12.4. The van der Waals surface area contributed by atoms with Gasteiger partial charge in [-0.2, -0.15) is 0 Å². The van der Waals surface area contributed by atoms with Crippen molar-refractivity contribution in [3.63, 3.8) is 0 Å². The van der Waals surface area contributed by atoms with Crippen LogP contribution in [0.3, 0.4) is 0 Å². The molecule has 2 aliphatic rings. The Bertz CT molecular complexity index is 259. The maximum atomic E-state index is 5.98. The van der Waals surface area contributed by atoms with Crippen molar-refractivity contribution < 1.29 is 0 Å². The van der Waals surface area contributed by atoms with Crippen LogP contribution in [0, 0.1) is 0 Å². The predicted octanol–water partition coefficient (Wildman–Crippen LogP) is 2.23. The van der Waals surface area contributed by atoms with Gasteiger partial charge in [-0.15, -0.1) is 6.58 Å². The highest BCUT2D eigenvalue weighted by Gasteiger charge is 2.29. The van der Waals surface area contributed by atoms with Gasteiger partial charge in [0, 0.05) is 18.6 Å². The summed E-state index contributed by atoms with van der Waals surface area (Å²) in [5, 5.41) is 0. The lowest BCUT2D eigenvalue weighted by atomic mass is 10.0. The minimum absolute atomic E-state index is 0.457. The Morgan fingerprint density at radius 2 is 1.84 bits per heavy atom. The van der Waals surface area contributed by atoms with E-state index in [9.17, 15) is 0 Å².